The van der Waals surface area contributed by atoms with Crippen LogP contribution in [-0.4, -0.2) is 23.8 Å². The Morgan fingerprint density at radius 2 is 1.29 bits per heavy atom. The second kappa shape index (κ2) is 9.92. The zero-order valence-corrected chi connectivity index (χ0v) is 27.4. The first kappa shape index (κ1) is 27.1. The Morgan fingerprint density at radius 3 is 2.10 bits per heavy atom. The van der Waals surface area contributed by atoms with E-state index in [2.05, 4.69) is 123 Å². The van der Waals surface area contributed by atoms with E-state index in [4.69, 9.17) is 19.4 Å². The van der Waals surface area contributed by atoms with E-state index in [1.54, 1.807) is 0 Å². The molecular formula is C44H28N6O. The molecule has 240 valence electrons. The van der Waals surface area contributed by atoms with Gasteiger partial charge in [0, 0.05) is 38.2 Å². The Hall–Kier alpha value is -6.73. The number of allylic oxidation sites excluding steroid dienone is 4. The molecule has 2 aliphatic rings. The zero-order chi connectivity index (χ0) is 33.2. The largest absolute Gasteiger partial charge is 0.456 e. The maximum Gasteiger partial charge on any atom is 0.164 e. The number of nitrogens with zero attached hydrogens (tertiary/aromatic N) is 5. The molecule has 0 unspecified atom stereocenters. The predicted molar refractivity (Wildman–Crippen MR) is 206 cm³/mol. The lowest BCUT2D eigenvalue weighted by atomic mass is 10.0. The van der Waals surface area contributed by atoms with Crippen molar-refractivity contribution in [1.82, 2.24) is 29.1 Å². The molecule has 7 nitrogen and oxygen atoms in total. The molecule has 5 aromatic heterocycles. The highest BCUT2D eigenvalue weighted by Gasteiger charge is 2.26. The molecule has 0 fully saturated rings. The fourth-order valence-corrected chi connectivity index (χ4v) is 8.57. The molecule has 0 radical (unpaired) electrons. The minimum Gasteiger partial charge on any atom is -0.456 e. The van der Waals surface area contributed by atoms with Gasteiger partial charge in [0.25, 0.3) is 0 Å². The fourth-order valence-electron chi connectivity index (χ4n) is 8.57. The van der Waals surface area contributed by atoms with Crippen LogP contribution in [0.25, 0.3) is 100.0 Å². The number of aromatic nitrogens is 5. The molecule has 1 aliphatic carbocycles. The van der Waals surface area contributed by atoms with Crippen molar-refractivity contribution in [2.75, 3.05) is 0 Å². The van der Waals surface area contributed by atoms with Crippen LogP contribution in [0.3, 0.4) is 0 Å². The van der Waals surface area contributed by atoms with Gasteiger partial charge in [0.2, 0.25) is 0 Å². The summed E-state index contributed by atoms with van der Waals surface area (Å²) in [6.45, 7) is 0.664. The molecular weight excluding hydrogens is 629 g/mol. The van der Waals surface area contributed by atoms with Crippen LogP contribution in [0.4, 0.5) is 0 Å². The molecule has 7 heteroatoms. The summed E-state index contributed by atoms with van der Waals surface area (Å²) in [5.74, 6) is 2.01. The molecule has 0 bridgehead atoms. The molecule has 0 spiro atoms. The molecule has 12 rings (SSSR count). The average Bonchev–Trinajstić information content (AvgIpc) is 3.85. The van der Waals surface area contributed by atoms with E-state index in [-0.39, 0.29) is 0 Å². The first-order valence-corrected chi connectivity index (χ1v) is 17.5. The number of hydrogen-bond donors (Lipinski definition) is 1. The summed E-state index contributed by atoms with van der Waals surface area (Å²) in [6.07, 6.45) is 12.8. The van der Waals surface area contributed by atoms with Crippen molar-refractivity contribution in [3.63, 3.8) is 0 Å². The summed E-state index contributed by atoms with van der Waals surface area (Å²) in [7, 11) is 0. The highest BCUT2D eigenvalue weighted by molar-refractivity contribution is 6.31. The monoisotopic (exact) mass is 656 g/mol. The molecule has 0 saturated carbocycles. The van der Waals surface area contributed by atoms with Crippen LogP contribution in [0.2, 0.25) is 0 Å². The molecule has 0 atom stereocenters. The summed E-state index contributed by atoms with van der Waals surface area (Å²) in [5, 5.41) is 10.7. The van der Waals surface area contributed by atoms with Crippen LogP contribution in [0.1, 0.15) is 30.1 Å². The van der Waals surface area contributed by atoms with Crippen molar-refractivity contribution in [3.05, 3.63) is 139 Å². The highest BCUT2D eigenvalue weighted by atomic mass is 16.3. The van der Waals surface area contributed by atoms with Crippen LogP contribution < -0.4 is 5.32 Å². The van der Waals surface area contributed by atoms with Crippen LogP contribution in [0, 0.1) is 0 Å². The average molecular weight is 657 g/mol. The van der Waals surface area contributed by atoms with Gasteiger partial charge in [-0.25, -0.2) is 15.0 Å². The molecule has 1 N–H and O–H groups in total. The number of benzene rings is 5. The Bertz CT molecular complexity index is 3190. The molecule has 51 heavy (non-hydrogen) atoms. The van der Waals surface area contributed by atoms with Gasteiger partial charge in [0.15, 0.2) is 17.5 Å². The van der Waals surface area contributed by atoms with Crippen LogP contribution >= 0.6 is 0 Å². The maximum atomic E-state index is 6.65. The third-order valence-electron chi connectivity index (χ3n) is 10.8. The molecule has 10 aromatic rings. The molecule has 0 saturated heterocycles. The van der Waals surface area contributed by atoms with E-state index in [1.807, 2.05) is 18.2 Å². The van der Waals surface area contributed by atoms with Crippen molar-refractivity contribution in [3.8, 4) is 22.8 Å². The first-order chi connectivity index (χ1) is 25.3. The minimum atomic E-state index is 0.653. The first-order valence-electron chi connectivity index (χ1n) is 17.5. The maximum absolute atomic E-state index is 6.65. The smallest absolute Gasteiger partial charge is 0.164 e. The second-order valence-electron chi connectivity index (χ2n) is 13.5. The number of rotatable bonds is 3. The topological polar surface area (TPSA) is 72.7 Å². The quantitative estimate of drug-likeness (QED) is 0.205. The molecule has 1 aliphatic heterocycles. The van der Waals surface area contributed by atoms with Crippen molar-refractivity contribution < 1.29 is 4.42 Å². The number of fused-ring (bicyclic) bond motifs is 9. The lowest BCUT2D eigenvalue weighted by molar-refractivity contribution is 0.669. The van der Waals surface area contributed by atoms with E-state index in [1.165, 1.54) is 38.3 Å². The van der Waals surface area contributed by atoms with Crippen molar-refractivity contribution in [2.24, 2.45) is 0 Å². The van der Waals surface area contributed by atoms with Crippen LogP contribution in [0.5, 0.6) is 0 Å². The minimum absolute atomic E-state index is 0.653. The Morgan fingerprint density at radius 1 is 0.588 bits per heavy atom. The van der Waals surface area contributed by atoms with Crippen molar-refractivity contribution in [2.45, 2.75) is 19.4 Å². The number of nitrogens with one attached hydrogen (secondary N) is 1. The van der Waals surface area contributed by atoms with Gasteiger partial charge in [-0.15, -0.1) is 0 Å². The molecule has 0 amide bonds. The van der Waals surface area contributed by atoms with E-state index in [9.17, 15) is 0 Å². The highest BCUT2D eigenvalue weighted by Crippen LogP contribution is 2.46. The van der Waals surface area contributed by atoms with Gasteiger partial charge >= 0.3 is 0 Å². The van der Waals surface area contributed by atoms with Gasteiger partial charge in [-0.1, -0.05) is 78.9 Å². The normalized spacial score (nSPS) is 14.5. The summed E-state index contributed by atoms with van der Waals surface area (Å²) in [4.78, 5) is 15.2. The summed E-state index contributed by atoms with van der Waals surface area (Å²) in [5.41, 5.74) is 11.7. The number of para-hydroxylation sites is 1. The van der Waals surface area contributed by atoms with E-state index < -0.39 is 0 Å². The Kier molecular flexibility index (Phi) is 5.28. The van der Waals surface area contributed by atoms with Crippen molar-refractivity contribution in [1.29, 1.82) is 0 Å². The fraction of sp³-hybridized carbons (Fsp3) is 0.0682. The number of furan rings is 1. The summed E-state index contributed by atoms with van der Waals surface area (Å²) in [6, 6.07) is 34.3. The van der Waals surface area contributed by atoms with Crippen LogP contribution in [0.15, 0.2) is 126 Å². The number of hydrogen-bond acceptors (Lipinski definition) is 5. The van der Waals surface area contributed by atoms with Gasteiger partial charge in [0.1, 0.15) is 11.2 Å². The summed E-state index contributed by atoms with van der Waals surface area (Å²) >= 11 is 0. The standard InChI is InChI=1S/C44H28N6O/c1-3-9-25(10-4-1)42-46-43(26-11-5-2-6-12-26)48-44(47-42)27-15-16-29-31-18-20-37-39-38-36(51-37)19-17-30-28-13-7-8-14-32(28)49(40(30)38)33-21-22-45-24-35(33)50(41(31)39)34(29)23-27/h1,3-5,7-23,45H,2,6,24H2. The van der Waals surface area contributed by atoms with Crippen molar-refractivity contribution >= 4 is 77.2 Å². The van der Waals surface area contributed by atoms with Gasteiger partial charge in [0.05, 0.1) is 50.8 Å². The SMILES string of the molecule is C1=CC(c2nc(-c3ccccc3)nc(-c3ccc4c5ccc6oc7ccc8c9ccccc9n9c%10c(n(c4c3)c5c6c7c89)CNC=C%10)n2)=CCC1. The molecule has 6 heterocycles. The van der Waals surface area contributed by atoms with Gasteiger partial charge < -0.3 is 18.5 Å². The van der Waals surface area contributed by atoms with E-state index >= 15 is 0 Å². The zero-order valence-electron chi connectivity index (χ0n) is 27.4. The van der Waals surface area contributed by atoms with E-state index in [0.717, 1.165) is 68.2 Å². The lowest BCUT2D eigenvalue weighted by Crippen LogP contribution is -2.16. The van der Waals surface area contributed by atoms with Gasteiger partial charge in [-0.05, 0) is 61.5 Å². The third-order valence-corrected chi connectivity index (χ3v) is 10.8. The third kappa shape index (κ3) is 3.64. The van der Waals surface area contributed by atoms with Gasteiger partial charge in [-0.2, -0.15) is 0 Å². The second-order valence-corrected chi connectivity index (χ2v) is 13.5. The van der Waals surface area contributed by atoms with Crippen LogP contribution in [-0.2, 0) is 6.54 Å². The lowest BCUT2D eigenvalue weighted by Gasteiger charge is -2.18. The Labute approximate surface area is 290 Å². The predicted octanol–water partition coefficient (Wildman–Crippen LogP) is 10.3. The van der Waals surface area contributed by atoms with E-state index in [0.29, 0.717) is 24.0 Å². The van der Waals surface area contributed by atoms with Gasteiger partial charge in [-0.3, -0.25) is 0 Å². The molecule has 5 aromatic carbocycles. The Balaban J connectivity index is 1.24. The summed E-state index contributed by atoms with van der Waals surface area (Å²) < 4.78 is 11.6.